The molecule has 0 amide bonds. The van der Waals surface area contributed by atoms with Gasteiger partial charge in [-0.3, -0.25) is 0 Å². The van der Waals surface area contributed by atoms with Gasteiger partial charge < -0.3 is 5.32 Å². The first-order valence-corrected chi connectivity index (χ1v) is 7.21. The first-order chi connectivity index (χ1) is 9.65. The van der Waals surface area contributed by atoms with Gasteiger partial charge in [0.2, 0.25) is 0 Å². The molecule has 1 aromatic carbocycles. The predicted molar refractivity (Wildman–Crippen MR) is 77.4 cm³/mol. The predicted octanol–water partition coefficient (Wildman–Crippen LogP) is 3.52. The van der Waals surface area contributed by atoms with Gasteiger partial charge in [0.1, 0.15) is 5.82 Å². The highest BCUT2D eigenvalue weighted by atomic mass is 19.1. The molecule has 0 radical (unpaired) electrons. The lowest BCUT2D eigenvalue weighted by Crippen LogP contribution is -2.36. The maximum atomic E-state index is 13.3. The van der Waals surface area contributed by atoms with Gasteiger partial charge in [0.15, 0.2) is 0 Å². The second kappa shape index (κ2) is 5.37. The SMILES string of the molecule is Cc1c(C(C)NC2CCC2)cnn1-c1cccc(F)c1. The van der Waals surface area contributed by atoms with Gasteiger partial charge in [-0.1, -0.05) is 12.5 Å². The fraction of sp³-hybridized carbons (Fsp3) is 0.438. The van der Waals surface area contributed by atoms with Crippen LogP contribution in [0.25, 0.3) is 5.69 Å². The first-order valence-electron chi connectivity index (χ1n) is 7.21. The van der Waals surface area contributed by atoms with Crippen molar-refractivity contribution in [2.75, 3.05) is 0 Å². The molecule has 0 aliphatic heterocycles. The van der Waals surface area contributed by atoms with Gasteiger partial charge >= 0.3 is 0 Å². The van der Waals surface area contributed by atoms with Crippen LogP contribution in [0.2, 0.25) is 0 Å². The third kappa shape index (κ3) is 2.48. The molecule has 106 valence electrons. The molecule has 1 N–H and O–H groups in total. The second-order valence-electron chi connectivity index (χ2n) is 5.59. The van der Waals surface area contributed by atoms with Gasteiger partial charge in [-0.15, -0.1) is 0 Å². The summed E-state index contributed by atoms with van der Waals surface area (Å²) in [7, 11) is 0. The van der Waals surface area contributed by atoms with Crippen LogP contribution in [0.5, 0.6) is 0 Å². The largest absolute Gasteiger partial charge is 0.307 e. The van der Waals surface area contributed by atoms with Crippen molar-refractivity contribution in [3.63, 3.8) is 0 Å². The molecule has 1 atom stereocenters. The molecule has 1 fully saturated rings. The number of nitrogens with one attached hydrogen (secondary N) is 1. The van der Waals surface area contributed by atoms with Crippen LogP contribution in [-0.4, -0.2) is 15.8 Å². The molecular weight excluding hydrogens is 253 g/mol. The summed E-state index contributed by atoms with van der Waals surface area (Å²) in [5.74, 6) is -0.236. The smallest absolute Gasteiger partial charge is 0.125 e. The van der Waals surface area contributed by atoms with Gasteiger partial charge in [0.05, 0.1) is 11.9 Å². The van der Waals surface area contributed by atoms with Crippen LogP contribution in [0.3, 0.4) is 0 Å². The van der Waals surface area contributed by atoms with Crippen molar-refractivity contribution >= 4 is 0 Å². The minimum Gasteiger partial charge on any atom is -0.307 e. The molecule has 3 rings (SSSR count). The van der Waals surface area contributed by atoms with Crippen molar-refractivity contribution in [2.45, 2.75) is 45.2 Å². The van der Waals surface area contributed by atoms with Gasteiger partial charge in [-0.2, -0.15) is 5.10 Å². The maximum absolute atomic E-state index is 13.3. The topological polar surface area (TPSA) is 29.9 Å². The molecule has 1 heterocycles. The highest BCUT2D eigenvalue weighted by Crippen LogP contribution is 2.25. The Morgan fingerprint density at radius 3 is 2.85 bits per heavy atom. The molecule has 4 heteroatoms. The minimum absolute atomic E-state index is 0.236. The van der Waals surface area contributed by atoms with Crippen LogP contribution < -0.4 is 5.32 Å². The summed E-state index contributed by atoms with van der Waals surface area (Å²) < 4.78 is 15.1. The van der Waals surface area contributed by atoms with E-state index in [1.165, 1.54) is 37.0 Å². The van der Waals surface area contributed by atoms with Crippen LogP contribution in [0.4, 0.5) is 4.39 Å². The summed E-state index contributed by atoms with van der Waals surface area (Å²) >= 11 is 0. The fourth-order valence-corrected chi connectivity index (χ4v) is 2.73. The van der Waals surface area contributed by atoms with Crippen molar-refractivity contribution in [3.8, 4) is 5.69 Å². The van der Waals surface area contributed by atoms with Crippen molar-refractivity contribution in [3.05, 3.63) is 47.5 Å². The lowest BCUT2D eigenvalue weighted by Gasteiger charge is -2.30. The van der Waals surface area contributed by atoms with E-state index in [1.807, 2.05) is 19.2 Å². The van der Waals surface area contributed by atoms with Gasteiger partial charge in [-0.25, -0.2) is 9.07 Å². The van der Waals surface area contributed by atoms with Crippen LogP contribution in [-0.2, 0) is 0 Å². The summed E-state index contributed by atoms with van der Waals surface area (Å²) in [4.78, 5) is 0. The Morgan fingerprint density at radius 1 is 1.40 bits per heavy atom. The van der Waals surface area contributed by atoms with E-state index in [-0.39, 0.29) is 11.9 Å². The van der Waals surface area contributed by atoms with E-state index in [4.69, 9.17) is 0 Å². The molecule has 1 saturated carbocycles. The fourth-order valence-electron chi connectivity index (χ4n) is 2.73. The number of halogens is 1. The summed E-state index contributed by atoms with van der Waals surface area (Å²) in [5, 5.41) is 8.03. The van der Waals surface area contributed by atoms with Crippen LogP contribution in [0.15, 0.2) is 30.5 Å². The quantitative estimate of drug-likeness (QED) is 0.923. The van der Waals surface area contributed by atoms with Crippen molar-refractivity contribution in [1.29, 1.82) is 0 Å². The highest BCUT2D eigenvalue weighted by molar-refractivity contribution is 5.35. The third-order valence-electron chi connectivity index (χ3n) is 4.16. The van der Waals surface area contributed by atoms with Gasteiger partial charge in [0.25, 0.3) is 0 Å². The van der Waals surface area contributed by atoms with E-state index in [1.54, 1.807) is 10.7 Å². The lowest BCUT2D eigenvalue weighted by molar-refractivity contribution is 0.313. The number of hydrogen-bond acceptors (Lipinski definition) is 2. The number of nitrogens with zero attached hydrogens (tertiary/aromatic N) is 2. The highest BCUT2D eigenvalue weighted by Gasteiger charge is 2.22. The van der Waals surface area contributed by atoms with E-state index in [9.17, 15) is 4.39 Å². The number of aromatic nitrogens is 2. The molecular formula is C16H20FN3. The Hall–Kier alpha value is -1.68. The van der Waals surface area contributed by atoms with E-state index in [0.29, 0.717) is 6.04 Å². The zero-order valence-corrected chi connectivity index (χ0v) is 11.9. The molecule has 1 aromatic heterocycles. The standard InChI is InChI=1S/C16H20FN3/c1-11(19-14-6-4-7-14)16-10-18-20(12(16)2)15-8-3-5-13(17)9-15/h3,5,8-11,14,19H,4,6-7H2,1-2H3. The third-order valence-corrected chi connectivity index (χ3v) is 4.16. The monoisotopic (exact) mass is 273 g/mol. The summed E-state index contributed by atoms with van der Waals surface area (Å²) in [5.41, 5.74) is 3.01. The Kier molecular flexibility index (Phi) is 3.57. The molecule has 3 nitrogen and oxygen atoms in total. The molecule has 0 bridgehead atoms. The number of benzene rings is 1. The molecule has 1 aliphatic carbocycles. The molecule has 0 spiro atoms. The lowest BCUT2D eigenvalue weighted by atomic mass is 9.92. The average molecular weight is 273 g/mol. The van der Waals surface area contributed by atoms with Gasteiger partial charge in [-0.05, 0) is 44.9 Å². The zero-order valence-electron chi connectivity index (χ0n) is 11.9. The zero-order chi connectivity index (χ0) is 14.1. The van der Waals surface area contributed by atoms with E-state index < -0.39 is 0 Å². The van der Waals surface area contributed by atoms with Crippen LogP contribution >= 0.6 is 0 Å². The Labute approximate surface area is 118 Å². The van der Waals surface area contributed by atoms with Gasteiger partial charge in [0, 0.05) is 23.3 Å². The van der Waals surface area contributed by atoms with E-state index >= 15 is 0 Å². The summed E-state index contributed by atoms with van der Waals surface area (Å²) in [6.07, 6.45) is 5.74. The number of hydrogen-bond donors (Lipinski definition) is 1. The van der Waals surface area contributed by atoms with E-state index in [0.717, 1.165) is 11.4 Å². The number of rotatable bonds is 4. The van der Waals surface area contributed by atoms with Crippen molar-refractivity contribution < 1.29 is 4.39 Å². The van der Waals surface area contributed by atoms with Crippen molar-refractivity contribution in [2.24, 2.45) is 0 Å². The molecule has 0 saturated heterocycles. The molecule has 1 aliphatic rings. The molecule has 1 unspecified atom stereocenters. The normalized spacial score (nSPS) is 16.9. The first kappa shape index (κ1) is 13.3. The Balaban J connectivity index is 1.84. The average Bonchev–Trinajstić information content (AvgIpc) is 2.75. The van der Waals surface area contributed by atoms with Crippen LogP contribution in [0, 0.1) is 12.7 Å². The molecule has 20 heavy (non-hydrogen) atoms. The molecule has 2 aromatic rings. The van der Waals surface area contributed by atoms with E-state index in [2.05, 4.69) is 17.3 Å². The summed E-state index contributed by atoms with van der Waals surface area (Å²) in [6, 6.07) is 7.46. The second-order valence-corrected chi connectivity index (χ2v) is 5.59. The Bertz CT molecular complexity index is 602. The Morgan fingerprint density at radius 2 is 2.20 bits per heavy atom. The summed E-state index contributed by atoms with van der Waals surface area (Å²) in [6.45, 7) is 4.20. The van der Waals surface area contributed by atoms with Crippen molar-refractivity contribution in [1.82, 2.24) is 15.1 Å². The van der Waals surface area contributed by atoms with Crippen LogP contribution in [0.1, 0.15) is 43.5 Å². The minimum atomic E-state index is -0.236. The maximum Gasteiger partial charge on any atom is 0.125 e.